The molecule has 4 rings (SSSR count). The number of aromatic nitrogens is 4. The first-order valence-electron chi connectivity index (χ1n) is 7.98. The zero-order valence-electron chi connectivity index (χ0n) is 14.2. The van der Waals surface area contributed by atoms with Gasteiger partial charge in [-0.15, -0.1) is 36.2 Å². The van der Waals surface area contributed by atoms with Gasteiger partial charge in [-0.1, -0.05) is 6.92 Å². The molecule has 0 amide bonds. The van der Waals surface area contributed by atoms with Gasteiger partial charge in [0.25, 0.3) is 0 Å². The number of rotatable bonds is 4. The molecule has 0 radical (unpaired) electrons. The van der Waals surface area contributed by atoms with Crippen molar-refractivity contribution in [2.24, 2.45) is 7.05 Å². The molecule has 0 saturated carbocycles. The molecule has 0 saturated heterocycles. The van der Waals surface area contributed by atoms with Gasteiger partial charge in [0.05, 0.1) is 17.1 Å². The SMILES string of the molecule is CCC(Nc1ncnc2sc3c(c12)CCNC3)c1ccnn1C.Cl.Cl. The van der Waals surface area contributed by atoms with Crippen LogP contribution in [0.5, 0.6) is 0 Å². The molecule has 0 aromatic carbocycles. The third-order valence-electron chi connectivity index (χ3n) is 4.44. The molecule has 1 atom stereocenters. The van der Waals surface area contributed by atoms with Crippen LogP contribution < -0.4 is 10.6 Å². The van der Waals surface area contributed by atoms with Crippen molar-refractivity contribution in [3.05, 3.63) is 34.7 Å². The Morgan fingerprint density at radius 3 is 2.92 bits per heavy atom. The summed E-state index contributed by atoms with van der Waals surface area (Å²) in [6.45, 7) is 4.14. The van der Waals surface area contributed by atoms with E-state index in [1.54, 1.807) is 17.7 Å². The van der Waals surface area contributed by atoms with Crippen LogP contribution in [0.25, 0.3) is 10.2 Å². The second kappa shape index (κ2) is 8.31. The highest BCUT2D eigenvalue weighted by atomic mass is 35.5. The highest BCUT2D eigenvalue weighted by Gasteiger charge is 2.21. The maximum absolute atomic E-state index is 4.55. The zero-order chi connectivity index (χ0) is 15.8. The number of thiophene rings is 1. The Hall–Kier alpha value is -1.41. The zero-order valence-corrected chi connectivity index (χ0v) is 16.6. The second-order valence-electron chi connectivity index (χ2n) is 5.82. The van der Waals surface area contributed by atoms with Gasteiger partial charge >= 0.3 is 0 Å². The number of nitrogens with zero attached hydrogens (tertiary/aromatic N) is 4. The molecule has 1 unspecified atom stereocenters. The largest absolute Gasteiger partial charge is 0.361 e. The van der Waals surface area contributed by atoms with Crippen molar-refractivity contribution in [3.8, 4) is 0 Å². The Bertz CT molecular complexity index is 846. The molecule has 0 aliphatic carbocycles. The van der Waals surface area contributed by atoms with Gasteiger partial charge in [0.15, 0.2) is 0 Å². The molecule has 0 fully saturated rings. The summed E-state index contributed by atoms with van der Waals surface area (Å²) in [5.74, 6) is 0.947. The van der Waals surface area contributed by atoms with E-state index < -0.39 is 0 Å². The highest BCUT2D eigenvalue weighted by Crippen LogP contribution is 2.36. The van der Waals surface area contributed by atoms with Crippen LogP contribution in [0, 0.1) is 0 Å². The first kappa shape index (κ1) is 19.9. The fourth-order valence-corrected chi connectivity index (χ4v) is 4.40. The summed E-state index contributed by atoms with van der Waals surface area (Å²) in [7, 11) is 1.98. The van der Waals surface area contributed by atoms with Crippen LogP contribution in [0.2, 0.25) is 0 Å². The Kier molecular flexibility index (Phi) is 6.62. The van der Waals surface area contributed by atoms with Gasteiger partial charge in [-0.2, -0.15) is 5.10 Å². The molecule has 1 aliphatic heterocycles. The number of nitrogens with one attached hydrogen (secondary N) is 2. The lowest BCUT2D eigenvalue weighted by Gasteiger charge is -2.19. The Labute approximate surface area is 163 Å². The first-order chi connectivity index (χ1) is 11.3. The molecule has 25 heavy (non-hydrogen) atoms. The average Bonchev–Trinajstić information content (AvgIpc) is 3.16. The van der Waals surface area contributed by atoms with Crippen molar-refractivity contribution in [3.63, 3.8) is 0 Å². The van der Waals surface area contributed by atoms with Crippen LogP contribution in [0.3, 0.4) is 0 Å². The first-order valence-corrected chi connectivity index (χ1v) is 8.80. The molecule has 1 aliphatic rings. The summed E-state index contributed by atoms with van der Waals surface area (Å²) >= 11 is 1.78. The molecular formula is C16H22Cl2N6S. The molecule has 9 heteroatoms. The van der Waals surface area contributed by atoms with Gasteiger partial charge in [-0.25, -0.2) is 9.97 Å². The lowest BCUT2D eigenvalue weighted by atomic mass is 10.1. The summed E-state index contributed by atoms with van der Waals surface area (Å²) < 4.78 is 1.92. The minimum Gasteiger partial charge on any atom is -0.361 e. The van der Waals surface area contributed by atoms with Crippen molar-refractivity contribution in [2.75, 3.05) is 11.9 Å². The van der Waals surface area contributed by atoms with E-state index in [9.17, 15) is 0 Å². The fourth-order valence-electron chi connectivity index (χ4n) is 3.24. The van der Waals surface area contributed by atoms with E-state index in [-0.39, 0.29) is 30.9 Å². The van der Waals surface area contributed by atoms with Crippen LogP contribution >= 0.6 is 36.2 Å². The van der Waals surface area contributed by atoms with Crippen LogP contribution in [0.4, 0.5) is 5.82 Å². The van der Waals surface area contributed by atoms with Crippen molar-refractivity contribution in [1.82, 2.24) is 25.1 Å². The molecule has 0 spiro atoms. The molecule has 0 bridgehead atoms. The smallest absolute Gasteiger partial charge is 0.139 e. The van der Waals surface area contributed by atoms with Gasteiger partial charge in [0.1, 0.15) is 17.0 Å². The van der Waals surface area contributed by atoms with Gasteiger partial charge in [0.2, 0.25) is 0 Å². The molecular weight excluding hydrogens is 379 g/mol. The van der Waals surface area contributed by atoms with Crippen LogP contribution in [0.1, 0.15) is 35.5 Å². The lowest BCUT2D eigenvalue weighted by Crippen LogP contribution is -2.22. The number of halogens is 2. The van der Waals surface area contributed by atoms with Crippen molar-refractivity contribution >= 4 is 52.2 Å². The number of aryl methyl sites for hydroxylation is 1. The van der Waals surface area contributed by atoms with E-state index in [0.717, 1.165) is 36.6 Å². The maximum atomic E-state index is 4.55. The number of anilines is 1. The quantitative estimate of drug-likeness (QED) is 0.701. The Balaban J connectivity index is 0.00000113. The van der Waals surface area contributed by atoms with E-state index in [2.05, 4.69) is 38.7 Å². The van der Waals surface area contributed by atoms with Crippen LogP contribution in [0.15, 0.2) is 18.6 Å². The highest BCUT2D eigenvalue weighted by molar-refractivity contribution is 7.18. The summed E-state index contributed by atoms with van der Waals surface area (Å²) in [5, 5.41) is 12.5. The monoisotopic (exact) mass is 400 g/mol. The van der Waals surface area contributed by atoms with Gasteiger partial charge in [0, 0.05) is 24.7 Å². The normalized spacial score (nSPS) is 14.3. The van der Waals surface area contributed by atoms with Crippen molar-refractivity contribution < 1.29 is 0 Å². The van der Waals surface area contributed by atoms with E-state index in [0.29, 0.717) is 0 Å². The second-order valence-corrected chi connectivity index (χ2v) is 6.90. The van der Waals surface area contributed by atoms with E-state index in [1.807, 2.05) is 17.9 Å². The van der Waals surface area contributed by atoms with Crippen LogP contribution in [-0.2, 0) is 20.0 Å². The summed E-state index contributed by atoms with van der Waals surface area (Å²) in [6, 6.07) is 2.25. The average molecular weight is 401 g/mol. The Morgan fingerprint density at radius 1 is 1.36 bits per heavy atom. The minimum absolute atomic E-state index is 0. The molecule has 136 valence electrons. The topological polar surface area (TPSA) is 67.7 Å². The molecule has 3 aromatic rings. The summed E-state index contributed by atoms with van der Waals surface area (Å²) in [6.07, 6.45) is 5.52. The predicted octanol–water partition coefficient (Wildman–Crippen LogP) is 3.48. The third-order valence-corrected chi connectivity index (χ3v) is 5.58. The number of fused-ring (bicyclic) bond motifs is 3. The predicted molar refractivity (Wildman–Crippen MR) is 107 cm³/mol. The fraction of sp³-hybridized carbons (Fsp3) is 0.438. The maximum Gasteiger partial charge on any atom is 0.139 e. The third kappa shape index (κ3) is 3.60. The van der Waals surface area contributed by atoms with E-state index in [1.165, 1.54) is 21.5 Å². The van der Waals surface area contributed by atoms with Gasteiger partial charge in [-0.3, -0.25) is 4.68 Å². The minimum atomic E-state index is 0. The van der Waals surface area contributed by atoms with E-state index in [4.69, 9.17) is 0 Å². The van der Waals surface area contributed by atoms with Crippen molar-refractivity contribution in [2.45, 2.75) is 32.4 Å². The standard InChI is InChI=1S/C16H20N6S.2ClH/c1-3-11(12-5-7-20-22(12)2)21-15-14-10-4-6-17-8-13(10)23-16(14)19-9-18-15;;/h5,7,9,11,17H,3-4,6,8H2,1-2H3,(H,18,19,21);2*1H. The van der Waals surface area contributed by atoms with Gasteiger partial charge in [-0.05, 0) is 31.0 Å². The Morgan fingerprint density at radius 2 is 2.20 bits per heavy atom. The van der Waals surface area contributed by atoms with Crippen molar-refractivity contribution in [1.29, 1.82) is 0 Å². The molecule has 6 nitrogen and oxygen atoms in total. The lowest BCUT2D eigenvalue weighted by molar-refractivity contribution is 0.632. The molecule has 4 heterocycles. The van der Waals surface area contributed by atoms with Crippen LogP contribution in [-0.4, -0.2) is 26.3 Å². The molecule has 3 aromatic heterocycles. The van der Waals surface area contributed by atoms with Gasteiger partial charge < -0.3 is 10.6 Å². The van der Waals surface area contributed by atoms with E-state index >= 15 is 0 Å². The molecule has 2 N–H and O–H groups in total. The summed E-state index contributed by atoms with van der Waals surface area (Å²) in [5.41, 5.74) is 2.58. The summed E-state index contributed by atoms with van der Waals surface area (Å²) in [4.78, 5) is 11.5. The number of hydrogen-bond donors (Lipinski definition) is 2. The number of hydrogen-bond acceptors (Lipinski definition) is 6.